The first-order valence-electron chi connectivity index (χ1n) is 23.4. The molecule has 0 saturated heterocycles. The van der Waals surface area contributed by atoms with Crippen LogP contribution in [0.2, 0.25) is 0 Å². The first-order valence-corrected chi connectivity index (χ1v) is 24.9. The number of aliphatic hydroxyl groups is 1. The quantitative estimate of drug-likeness (QED) is 0.0239. The Hall–Kier alpha value is -2.55. The number of carbonyl (C=O) groups is 2. The average molecular weight is 848 g/mol. The molecule has 0 rings (SSSR count). The molecule has 0 heterocycles. The van der Waals surface area contributed by atoms with Gasteiger partial charge in [0.25, 0.3) is 0 Å². The number of hydrogen-bond acceptors (Lipinski definition) is 7. The number of aliphatic hydroxyl groups excluding tert-OH is 1. The normalized spacial score (nSPS) is 13.9. The second-order valence-electron chi connectivity index (χ2n) is 15.4. The summed E-state index contributed by atoms with van der Waals surface area (Å²) >= 11 is 0. The first kappa shape index (κ1) is 56.5. The van der Waals surface area contributed by atoms with Crippen LogP contribution in [0, 0.1) is 0 Å². The van der Waals surface area contributed by atoms with Gasteiger partial charge in [0, 0.05) is 19.4 Å². The van der Waals surface area contributed by atoms with Crippen LogP contribution in [0.15, 0.2) is 72.9 Å². The molecule has 0 aromatic heterocycles. The van der Waals surface area contributed by atoms with Gasteiger partial charge >= 0.3 is 13.8 Å². The van der Waals surface area contributed by atoms with Gasteiger partial charge in [-0.3, -0.25) is 18.6 Å². The zero-order valence-electron chi connectivity index (χ0n) is 37.4. The molecule has 9 nitrogen and oxygen atoms in total. The van der Waals surface area contributed by atoms with Crippen molar-refractivity contribution < 1.29 is 37.9 Å². The summed E-state index contributed by atoms with van der Waals surface area (Å²) in [6.45, 7) is 3.46. The van der Waals surface area contributed by atoms with Crippen LogP contribution in [0.1, 0.15) is 194 Å². The van der Waals surface area contributed by atoms with Crippen molar-refractivity contribution in [3.05, 3.63) is 72.9 Å². The molecule has 2 atom stereocenters. The van der Waals surface area contributed by atoms with E-state index in [1.165, 1.54) is 70.6 Å². The molecular formula is C49H86NO8P. The minimum atomic E-state index is -4.43. The number of carbonyl (C=O) groups excluding carboxylic acids is 2. The molecule has 0 spiro atoms. The van der Waals surface area contributed by atoms with Gasteiger partial charge in [-0.05, 0) is 89.9 Å². The van der Waals surface area contributed by atoms with Gasteiger partial charge in [-0.15, -0.1) is 0 Å². The van der Waals surface area contributed by atoms with Crippen molar-refractivity contribution >= 4 is 19.7 Å². The van der Waals surface area contributed by atoms with Crippen LogP contribution in [0.4, 0.5) is 0 Å². The van der Waals surface area contributed by atoms with Gasteiger partial charge in [0.1, 0.15) is 12.7 Å². The number of phosphoric ester groups is 1. The van der Waals surface area contributed by atoms with Crippen molar-refractivity contribution in [1.29, 1.82) is 0 Å². The molecule has 0 aliphatic carbocycles. The lowest BCUT2D eigenvalue weighted by molar-refractivity contribution is -0.147. The standard InChI is InChI=1S/C49H86NO8P/c1-3-5-7-9-11-13-15-17-19-20-21-22-23-24-25-26-28-30-32-34-36-38-40-42-49(53)56-45-47(51)46-58-59(54,55)57-44-43-50-48(52)41-39-37-35-33-31-29-27-18-16-14-12-10-8-6-4-2/h11-14,17-19,21-22,24-25,27,47,51H,3-10,15-16,20,23,26,28-46H2,1-2H3,(H,50,52)(H,54,55)/b13-11-,14-12-,19-17-,22-21-,25-24-,27-18-. The molecule has 0 aliphatic heterocycles. The summed E-state index contributed by atoms with van der Waals surface area (Å²) in [4.78, 5) is 34.0. The molecule has 59 heavy (non-hydrogen) atoms. The largest absolute Gasteiger partial charge is 0.472 e. The van der Waals surface area contributed by atoms with Crippen LogP contribution in [-0.4, -0.2) is 54.3 Å². The van der Waals surface area contributed by atoms with Gasteiger partial charge in [-0.2, -0.15) is 0 Å². The molecule has 1 amide bonds. The van der Waals surface area contributed by atoms with E-state index in [2.05, 4.69) is 92.1 Å². The molecule has 0 fully saturated rings. The smallest absolute Gasteiger partial charge is 0.463 e. The topological polar surface area (TPSA) is 131 Å². The van der Waals surface area contributed by atoms with Crippen LogP contribution in [0.3, 0.4) is 0 Å². The lowest BCUT2D eigenvalue weighted by Crippen LogP contribution is -2.27. The van der Waals surface area contributed by atoms with Gasteiger partial charge in [-0.1, -0.05) is 164 Å². The SMILES string of the molecule is CCCCC/C=C\C/C=C\C/C=C\C/C=C\CCCCCCCCCC(=O)OCC(O)COP(=O)(O)OCCNC(=O)CCCCCCC/C=C\C/C=C\CCCCC. The molecule has 0 saturated carbocycles. The molecule has 3 N–H and O–H groups in total. The van der Waals surface area contributed by atoms with Crippen molar-refractivity contribution in [2.24, 2.45) is 0 Å². The maximum absolute atomic E-state index is 12.1. The van der Waals surface area contributed by atoms with Crippen molar-refractivity contribution in [1.82, 2.24) is 5.32 Å². The van der Waals surface area contributed by atoms with E-state index in [0.717, 1.165) is 96.3 Å². The number of phosphoric acid groups is 1. The third-order valence-corrected chi connectivity index (χ3v) is 10.6. The third kappa shape index (κ3) is 46.4. The summed E-state index contributed by atoms with van der Waals surface area (Å²) in [6.07, 6.45) is 55.4. The number of esters is 1. The molecule has 0 radical (unpaired) electrons. The summed E-state index contributed by atoms with van der Waals surface area (Å²) in [5, 5.41) is 12.7. The van der Waals surface area contributed by atoms with Gasteiger partial charge < -0.3 is 20.1 Å². The predicted octanol–water partition coefficient (Wildman–Crippen LogP) is 13.4. The molecular weight excluding hydrogens is 762 g/mol. The highest BCUT2D eigenvalue weighted by Gasteiger charge is 2.23. The maximum Gasteiger partial charge on any atom is 0.472 e. The second-order valence-corrected chi connectivity index (χ2v) is 16.8. The summed E-state index contributed by atoms with van der Waals surface area (Å²) in [7, 11) is -4.43. The molecule has 10 heteroatoms. The predicted molar refractivity (Wildman–Crippen MR) is 247 cm³/mol. The number of ether oxygens (including phenoxy) is 1. The molecule has 340 valence electrons. The highest BCUT2D eigenvalue weighted by atomic mass is 31.2. The number of hydrogen-bond donors (Lipinski definition) is 3. The summed E-state index contributed by atoms with van der Waals surface area (Å²) < 4.78 is 26.9. The van der Waals surface area contributed by atoms with Gasteiger partial charge in [-0.25, -0.2) is 4.57 Å². The monoisotopic (exact) mass is 848 g/mol. The minimum absolute atomic E-state index is 0.0694. The summed E-state index contributed by atoms with van der Waals surface area (Å²) in [6, 6.07) is 0. The van der Waals surface area contributed by atoms with E-state index < -0.39 is 26.5 Å². The minimum Gasteiger partial charge on any atom is -0.463 e. The van der Waals surface area contributed by atoms with E-state index in [1.807, 2.05) is 0 Å². The number of unbranched alkanes of at least 4 members (excludes halogenated alkanes) is 18. The van der Waals surface area contributed by atoms with E-state index in [1.54, 1.807) is 0 Å². The number of rotatable bonds is 43. The van der Waals surface area contributed by atoms with Crippen LogP contribution in [-0.2, 0) is 27.9 Å². The fraction of sp³-hybridized carbons (Fsp3) is 0.714. The Bertz CT molecular complexity index is 1190. The molecule has 2 unspecified atom stereocenters. The maximum atomic E-state index is 12.1. The van der Waals surface area contributed by atoms with E-state index in [9.17, 15) is 24.2 Å². The third-order valence-electron chi connectivity index (χ3n) is 9.61. The number of amides is 1. The molecule has 0 aromatic carbocycles. The van der Waals surface area contributed by atoms with Crippen LogP contribution >= 0.6 is 7.82 Å². The van der Waals surface area contributed by atoms with Crippen LogP contribution in [0.5, 0.6) is 0 Å². The van der Waals surface area contributed by atoms with E-state index in [0.29, 0.717) is 6.42 Å². The Morgan fingerprint density at radius 3 is 1.37 bits per heavy atom. The number of allylic oxidation sites excluding steroid dienone is 12. The summed E-state index contributed by atoms with van der Waals surface area (Å²) in [5.41, 5.74) is 0. The average Bonchev–Trinajstić information content (AvgIpc) is 3.22. The van der Waals surface area contributed by atoms with Crippen molar-refractivity contribution in [2.45, 2.75) is 200 Å². The zero-order chi connectivity index (χ0) is 43.2. The van der Waals surface area contributed by atoms with E-state index >= 15 is 0 Å². The highest BCUT2D eigenvalue weighted by molar-refractivity contribution is 7.47. The Morgan fingerprint density at radius 2 is 0.915 bits per heavy atom. The Labute approximate surface area is 360 Å². The van der Waals surface area contributed by atoms with Crippen molar-refractivity contribution in [3.63, 3.8) is 0 Å². The van der Waals surface area contributed by atoms with Crippen LogP contribution in [0.25, 0.3) is 0 Å². The fourth-order valence-corrected chi connectivity index (χ4v) is 6.80. The molecule has 0 aliphatic rings. The Balaban J connectivity index is 3.64. The van der Waals surface area contributed by atoms with Gasteiger partial charge in [0.15, 0.2) is 0 Å². The fourth-order valence-electron chi connectivity index (χ4n) is 6.04. The highest BCUT2D eigenvalue weighted by Crippen LogP contribution is 2.42. The van der Waals surface area contributed by atoms with Crippen LogP contribution < -0.4 is 5.32 Å². The first-order chi connectivity index (χ1) is 28.8. The van der Waals surface area contributed by atoms with Gasteiger partial charge in [0.05, 0.1) is 13.2 Å². The van der Waals surface area contributed by atoms with Gasteiger partial charge in [0.2, 0.25) is 5.91 Å². The zero-order valence-corrected chi connectivity index (χ0v) is 38.3. The van der Waals surface area contributed by atoms with E-state index in [4.69, 9.17) is 13.8 Å². The summed E-state index contributed by atoms with van der Waals surface area (Å²) in [5.74, 6) is -0.544. The van der Waals surface area contributed by atoms with Crippen molar-refractivity contribution in [3.8, 4) is 0 Å². The second kappa shape index (κ2) is 45.0. The van der Waals surface area contributed by atoms with E-state index in [-0.39, 0.29) is 32.1 Å². The molecule has 0 bridgehead atoms. The lowest BCUT2D eigenvalue weighted by Gasteiger charge is -2.15. The lowest BCUT2D eigenvalue weighted by atomic mass is 10.1. The number of nitrogens with one attached hydrogen (secondary N) is 1. The Morgan fingerprint density at radius 1 is 0.525 bits per heavy atom. The Kier molecular flexibility index (Phi) is 43.0. The molecule has 0 aromatic rings. The van der Waals surface area contributed by atoms with Crippen molar-refractivity contribution in [2.75, 3.05) is 26.4 Å².